The van der Waals surface area contributed by atoms with Gasteiger partial charge in [-0.3, -0.25) is 4.79 Å². The summed E-state index contributed by atoms with van der Waals surface area (Å²) in [6.07, 6.45) is 0. The molecule has 19 heavy (non-hydrogen) atoms. The van der Waals surface area contributed by atoms with E-state index < -0.39 is 5.97 Å². The van der Waals surface area contributed by atoms with Crippen LogP contribution in [-0.2, 0) is 4.79 Å². The monoisotopic (exact) mass is 262 g/mol. The fourth-order valence-corrected chi connectivity index (χ4v) is 2.59. The van der Waals surface area contributed by atoms with Gasteiger partial charge in [0.15, 0.2) is 0 Å². The number of para-hydroxylation sites is 1. The molecule has 1 unspecified atom stereocenters. The summed E-state index contributed by atoms with van der Waals surface area (Å²) < 4.78 is 0. The molecule has 1 aliphatic rings. The number of nitrogens with one attached hydrogen (secondary N) is 1. The zero-order valence-corrected chi connectivity index (χ0v) is 11.8. The van der Waals surface area contributed by atoms with Crippen molar-refractivity contribution in [2.24, 2.45) is 5.92 Å². The van der Waals surface area contributed by atoms with Crippen LogP contribution in [0.15, 0.2) is 24.3 Å². The van der Waals surface area contributed by atoms with Crippen molar-refractivity contribution in [1.29, 1.82) is 0 Å². The highest BCUT2D eigenvalue weighted by atomic mass is 16.4. The number of nitrogens with zero attached hydrogens (tertiary/aromatic N) is 1. The molecule has 1 aliphatic heterocycles. The first-order valence-electron chi connectivity index (χ1n) is 6.67. The molecule has 1 saturated heterocycles. The van der Waals surface area contributed by atoms with E-state index in [2.05, 4.69) is 43.1 Å². The third kappa shape index (κ3) is 3.26. The smallest absolute Gasteiger partial charge is 0.309 e. The van der Waals surface area contributed by atoms with E-state index in [4.69, 9.17) is 0 Å². The molecule has 0 bridgehead atoms. The molecule has 4 heteroatoms. The second-order valence-electron chi connectivity index (χ2n) is 5.97. The molecule has 1 aromatic carbocycles. The van der Waals surface area contributed by atoms with Gasteiger partial charge < -0.3 is 15.3 Å². The van der Waals surface area contributed by atoms with E-state index in [1.165, 1.54) is 5.56 Å². The number of aliphatic carboxylic acids is 1. The highest BCUT2D eigenvalue weighted by Gasteiger charge is 2.32. The number of carboxylic acids is 1. The van der Waals surface area contributed by atoms with Gasteiger partial charge in [-0.15, -0.1) is 0 Å². The van der Waals surface area contributed by atoms with Crippen LogP contribution in [0, 0.1) is 12.8 Å². The number of benzene rings is 1. The topological polar surface area (TPSA) is 52.6 Å². The summed E-state index contributed by atoms with van der Waals surface area (Å²) in [6.45, 7) is 8.17. The minimum Gasteiger partial charge on any atom is -0.481 e. The van der Waals surface area contributed by atoms with E-state index in [9.17, 15) is 9.90 Å². The molecular weight excluding hydrogens is 240 g/mol. The van der Waals surface area contributed by atoms with Gasteiger partial charge in [-0.05, 0) is 32.4 Å². The minimum absolute atomic E-state index is 0.0908. The van der Waals surface area contributed by atoms with E-state index in [1.807, 2.05) is 12.1 Å². The summed E-state index contributed by atoms with van der Waals surface area (Å²) >= 11 is 0. The summed E-state index contributed by atoms with van der Waals surface area (Å²) in [5, 5.41) is 12.6. The Morgan fingerprint density at radius 1 is 1.42 bits per heavy atom. The molecule has 0 radical (unpaired) electrons. The summed E-state index contributed by atoms with van der Waals surface area (Å²) in [5.74, 6) is -1.11. The Bertz CT molecular complexity index is 471. The van der Waals surface area contributed by atoms with Crippen LogP contribution in [0.4, 0.5) is 5.69 Å². The Kier molecular flexibility index (Phi) is 3.80. The molecular formula is C15H22N2O2. The van der Waals surface area contributed by atoms with Crippen LogP contribution < -0.4 is 10.2 Å². The first-order valence-corrected chi connectivity index (χ1v) is 6.67. The SMILES string of the molecule is Cc1ccccc1N1CC(C(=O)O)CNC(C)(C)C1. The maximum atomic E-state index is 11.3. The largest absolute Gasteiger partial charge is 0.481 e. The first kappa shape index (κ1) is 13.9. The van der Waals surface area contributed by atoms with Crippen LogP contribution in [0.2, 0.25) is 0 Å². The Hall–Kier alpha value is -1.55. The third-order valence-electron chi connectivity index (χ3n) is 3.66. The van der Waals surface area contributed by atoms with Gasteiger partial charge >= 0.3 is 5.97 Å². The summed E-state index contributed by atoms with van der Waals surface area (Å²) in [5.41, 5.74) is 2.22. The first-order chi connectivity index (χ1) is 8.89. The number of rotatable bonds is 2. The Labute approximate surface area is 114 Å². The predicted octanol–water partition coefficient (Wildman–Crippen LogP) is 1.88. The van der Waals surface area contributed by atoms with Gasteiger partial charge in [0.25, 0.3) is 0 Å². The van der Waals surface area contributed by atoms with Gasteiger partial charge in [0.2, 0.25) is 0 Å². The van der Waals surface area contributed by atoms with E-state index in [1.54, 1.807) is 0 Å². The van der Waals surface area contributed by atoms with Gasteiger partial charge in [-0.1, -0.05) is 18.2 Å². The Balaban J connectivity index is 2.31. The van der Waals surface area contributed by atoms with Crippen molar-refractivity contribution in [3.8, 4) is 0 Å². The van der Waals surface area contributed by atoms with Crippen molar-refractivity contribution in [1.82, 2.24) is 5.32 Å². The average Bonchev–Trinajstić information content (AvgIpc) is 2.48. The Morgan fingerprint density at radius 2 is 2.11 bits per heavy atom. The number of hydrogen-bond donors (Lipinski definition) is 2. The van der Waals surface area contributed by atoms with Crippen LogP contribution in [0.3, 0.4) is 0 Å². The van der Waals surface area contributed by atoms with Crippen molar-refractivity contribution < 1.29 is 9.90 Å². The summed E-state index contributed by atoms with van der Waals surface area (Å²) in [4.78, 5) is 13.5. The molecule has 2 N–H and O–H groups in total. The lowest BCUT2D eigenvalue weighted by atomic mass is 10.0. The molecule has 1 heterocycles. The molecule has 1 atom stereocenters. The number of aryl methyl sites for hydroxylation is 1. The molecule has 1 fully saturated rings. The number of anilines is 1. The molecule has 0 aliphatic carbocycles. The van der Waals surface area contributed by atoms with Crippen molar-refractivity contribution in [3.05, 3.63) is 29.8 Å². The highest BCUT2D eigenvalue weighted by Crippen LogP contribution is 2.24. The number of hydrogen-bond acceptors (Lipinski definition) is 3. The van der Waals surface area contributed by atoms with E-state index in [-0.39, 0.29) is 11.5 Å². The Morgan fingerprint density at radius 3 is 2.74 bits per heavy atom. The normalized spacial score (nSPS) is 22.9. The van der Waals surface area contributed by atoms with E-state index in [0.717, 1.165) is 12.2 Å². The van der Waals surface area contributed by atoms with Crippen molar-refractivity contribution in [2.75, 3.05) is 24.5 Å². The molecule has 0 spiro atoms. The van der Waals surface area contributed by atoms with Crippen LogP contribution in [-0.4, -0.2) is 36.2 Å². The molecule has 1 aromatic rings. The van der Waals surface area contributed by atoms with Gasteiger partial charge in [0.1, 0.15) is 0 Å². The van der Waals surface area contributed by atoms with Gasteiger partial charge in [0, 0.05) is 30.9 Å². The summed E-state index contributed by atoms with van der Waals surface area (Å²) in [6, 6.07) is 8.14. The number of carbonyl (C=O) groups is 1. The van der Waals surface area contributed by atoms with Gasteiger partial charge in [0.05, 0.1) is 5.92 Å². The zero-order chi connectivity index (χ0) is 14.0. The van der Waals surface area contributed by atoms with Gasteiger partial charge in [-0.25, -0.2) is 0 Å². The number of carboxylic acid groups (broad SMARTS) is 1. The second kappa shape index (κ2) is 5.21. The highest BCUT2D eigenvalue weighted by molar-refractivity contribution is 5.71. The summed E-state index contributed by atoms with van der Waals surface area (Å²) in [7, 11) is 0. The fourth-order valence-electron chi connectivity index (χ4n) is 2.59. The molecule has 2 rings (SSSR count). The standard InChI is InChI=1S/C15H22N2O2/c1-11-6-4-5-7-13(11)17-9-12(14(18)19)8-16-15(2,3)10-17/h4-7,12,16H,8-10H2,1-3H3,(H,18,19). The minimum atomic E-state index is -0.733. The molecule has 0 saturated carbocycles. The maximum absolute atomic E-state index is 11.3. The van der Waals surface area contributed by atoms with Crippen LogP contribution in [0.1, 0.15) is 19.4 Å². The molecule has 104 valence electrons. The van der Waals surface area contributed by atoms with E-state index in [0.29, 0.717) is 13.1 Å². The second-order valence-corrected chi connectivity index (χ2v) is 5.97. The zero-order valence-electron chi connectivity index (χ0n) is 11.8. The van der Waals surface area contributed by atoms with Crippen molar-refractivity contribution in [3.63, 3.8) is 0 Å². The van der Waals surface area contributed by atoms with Crippen LogP contribution in [0.5, 0.6) is 0 Å². The van der Waals surface area contributed by atoms with Gasteiger partial charge in [-0.2, -0.15) is 0 Å². The molecule has 4 nitrogen and oxygen atoms in total. The van der Waals surface area contributed by atoms with E-state index >= 15 is 0 Å². The van der Waals surface area contributed by atoms with Crippen LogP contribution in [0.25, 0.3) is 0 Å². The molecule has 0 aromatic heterocycles. The fraction of sp³-hybridized carbons (Fsp3) is 0.533. The lowest BCUT2D eigenvalue weighted by molar-refractivity contribution is -0.141. The average molecular weight is 262 g/mol. The third-order valence-corrected chi connectivity index (χ3v) is 3.66. The molecule has 0 amide bonds. The predicted molar refractivity (Wildman–Crippen MR) is 76.6 cm³/mol. The van der Waals surface area contributed by atoms with Crippen molar-refractivity contribution in [2.45, 2.75) is 26.3 Å². The maximum Gasteiger partial charge on any atom is 0.309 e. The lowest BCUT2D eigenvalue weighted by Crippen LogP contribution is -2.46. The lowest BCUT2D eigenvalue weighted by Gasteiger charge is -2.32. The quantitative estimate of drug-likeness (QED) is 0.854. The van der Waals surface area contributed by atoms with Crippen LogP contribution >= 0.6 is 0 Å². The van der Waals surface area contributed by atoms with Crippen molar-refractivity contribution >= 4 is 11.7 Å².